The Labute approximate surface area is 113 Å². The minimum atomic E-state index is -0.833. The van der Waals surface area contributed by atoms with Gasteiger partial charge in [0.2, 0.25) is 0 Å². The van der Waals surface area contributed by atoms with Crippen molar-refractivity contribution in [3.63, 3.8) is 0 Å². The highest BCUT2D eigenvalue weighted by atomic mass is 16.4. The lowest BCUT2D eigenvalue weighted by Crippen LogP contribution is -2.45. The number of rotatable bonds is 8. The maximum Gasteiger partial charge on any atom is 0.300 e. The van der Waals surface area contributed by atoms with E-state index in [0.717, 1.165) is 25.7 Å². The van der Waals surface area contributed by atoms with Gasteiger partial charge in [0.05, 0.1) is 0 Å². The Morgan fingerprint density at radius 1 is 1.17 bits per heavy atom. The zero-order chi connectivity index (χ0) is 14.6. The number of hydrogen-bond acceptors (Lipinski definition) is 2. The summed E-state index contributed by atoms with van der Waals surface area (Å²) in [6, 6.07) is 0. The van der Waals surface area contributed by atoms with Gasteiger partial charge in [0.1, 0.15) is 0 Å². The lowest BCUT2D eigenvalue weighted by molar-refractivity contribution is -0.134. The maximum absolute atomic E-state index is 9.00. The van der Waals surface area contributed by atoms with Crippen molar-refractivity contribution in [1.82, 2.24) is 0 Å². The summed E-state index contributed by atoms with van der Waals surface area (Å²) < 4.78 is 0. The highest BCUT2D eigenvalue weighted by Gasteiger charge is 2.29. The van der Waals surface area contributed by atoms with Crippen LogP contribution in [0.5, 0.6) is 0 Å². The molecule has 1 unspecified atom stereocenters. The van der Waals surface area contributed by atoms with Crippen molar-refractivity contribution in [2.24, 2.45) is 11.7 Å². The standard InChI is InChI=1S/C13H29N.C2H4O2/c1-5-9-10-11-12(6-2)13(14,7-3)8-4;1-2(3)4/h12H,5-11,14H2,1-4H3;1H3,(H,3,4). The van der Waals surface area contributed by atoms with E-state index in [2.05, 4.69) is 27.7 Å². The number of carboxylic acids is 1. The Morgan fingerprint density at radius 2 is 1.61 bits per heavy atom. The van der Waals surface area contributed by atoms with E-state index in [-0.39, 0.29) is 5.54 Å². The predicted octanol–water partition coefficient (Wildman–Crippen LogP) is 4.20. The van der Waals surface area contributed by atoms with Crippen LogP contribution < -0.4 is 5.73 Å². The lowest BCUT2D eigenvalue weighted by Gasteiger charge is -2.36. The highest BCUT2D eigenvalue weighted by Crippen LogP contribution is 2.29. The molecule has 0 aliphatic carbocycles. The van der Waals surface area contributed by atoms with Gasteiger partial charge in [0.15, 0.2) is 0 Å². The van der Waals surface area contributed by atoms with Gasteiger partial charge in [-0.1, -0.05) is 53.4 Å². The Bertz CT molecular complexity index is 197. The van der Waals surface area contributed by atoms with Gasteiger partial charge >= 0.3 is 0 Å². The molecule has 0 aromatic rings. The first-order chi connectivity index (χ1) is 8.37. The number of nitrogens with two attached hydrogens (primary N) is 1. The van der Waals surface area contributed by atoms with Crippen molar-refractivity contribution in [1.29, 1.82) is 0 Å². The zero-order valence-electron chi connectivity index (χ0n) is 13.0. The number of carboxylic acid groups (broad SMARTS) is 1. The van der Waals surface area contributed by atoms with Crippen molar-refractivity contribution in [2.75, 3.05) is 0 Å². The number of hydrogen-bond donors (Lipinski definition) is 2. The largest absolute Gasteiger partial charge is 0.481 e. The van der Waals surface area contributed by atoms with Crippen LogP contribution in [-0.2, 0) is 4.79 Å². The monoisotopic (exact) mass is 259 g/mol. The number of carbonyl (C=O) groups is 1. The van der Waals surface area contributed by atoms with Crippen LogP contribution in [0, 0.1) is 5.92 Å². The first-order valence-corrected chi connectivity index (χ1v) is 7.36. The molecule has 0 saturated heterocycles. The van der Waals surface area contributed by atoms with Gasteiger partial charge in [-0.05, 0) is 25.2 Å². The molecule has 0 aliphatic heterocycles. The SMILES string of the molecule is CC(=O)O.CCCCCC(CC)C(N)(CC)CC. The second-order valence-electron chi connectivity index (χ2n) is 5.06. The highest BCUT2D eigenvalue weighted by molar-refractivity contribution is 5.62. The minimum Gasteiger partial charge on any atom is -0.481 e. The Hall–Kier alpha value is -0.570. The summed E-state index contributed by atoms with van der Waals surface area (Å²) in [7, 11) is 0. The average molecular weight is 259 g/mol. The van der Waals surface area contributed by atoms with Gasteiger partial charge in [-0.15, -0.1) is 0 Å². The molecule has 110 valence electrons. The lowest BCUT2D eigenvalue weighted by atomic mass is 9.76. The van der Waals surface area contributed by atoms with Gasteiger partial charge in [-0.3, -0.25) is 4.79 Å². The third-order valence-corrected chi connectivity index (χ3v) is 3.78. The molecule has 18 heavy (non-hydrogen) atoms. The molecule has 0 amide bonds. The van der Waals surface area contributed by atoms with E-state index in [0.29, 0.717) is 0 Å². The third kappa shape index (κ3) is 9.46. The van der Waals surface area contributed by atoms with Crippen LogP contribution in [0.3, 0.4) is 0 Å². The average Bonchev–Trinajstić information content (AvgIpc) is 2.33. The fourth-order valence-corrected chi connectivity index (χ4v) is 2.37. The smallest absolute Gasteiger partial charge is 0.300 e. The topological polar surface area (TPSA) is 63.3 Å². The Morgan fingerprint density at radius 3 is 1.89 bits per heavy atom. The number of aliphatic carboxylic acids is 1. The van der Waals surface area contributed by atoms with Gasteiger partial charge in [0.25, 0.3) is 5.97 Å². The minimum absolute atomic E-state index is 0.0997. The molecule has 0 spiro atoms. The zero-order valence-corrected chi connectivity index (χ0v) is 13.0. The van der Waals surface area contributed by atoms with Crippen molar-refractivity contribution in [3.05, 3.63) is 0 Å². The Balaban J connectivity index is 0. The molecule has 3 N–H and O–H groups in total. The molecule has 0 radical (unpaired) electrons. The van der Waals surface area contributed by atoms with Gasteiger partial charge in [0, 0.05) is 12.5 Å². The van der Waals surface area contributed by atoms with Crippen molar-refractivity contribution < 1.29 is 9.90 Å². The molecular formula is C15H33NO2. The molecule has 0 aliphatic rings. The summed E-state index contributed by atoms with van der Waals surface area (Å²) in [5, 5.41) is 7.42. The first-order valence-electron chi connectivity index (χ1n) is 7.36. The number of unbranched alkanes of at least 4 members (excludes halogenated alkanes) is 2. The van der Waals surface area contributed by atoms with Crippen molar-refractivity contribution >= 4 is 5.97 Å². The van der Waals surface area contributed by atoms with Gasteiger partial charge in [-0.2, -0.15) is 0 Å². The van der Waals surface area contributed by atoms with E-state index in [1.54, 1.807) is 0 Å². The summed E-state index contributed by atoms with van der Waals surface area (Å²) in [5.74, 6) is -0.107. The van der Waals surface area contributed by atoms with E-state index in [1.165, 1.54) is 32.1 Å². The van der Waals surface area contributed by atoms with Crippen LogP contribution in [0.4, 0.5) is 0 Å². The van der Waals surface area contributed by atoms with Crippen molar-refractivity contribution in [2.45, 2.75) is 85.1 Å². The fraction of sp³-hybridized carbons (Fsp3) is 0.933. The predicted molar refractivity (Wildman–Crippen MR) is 78.7 cm³/mol. The third-order valence-electron chi connectivity index (χ3n) is 3.78. The van der Waals surface area contributed by atoms with E-state index < -0.39 is 5.97 Å². The van der Waals surface area contributed by atoms with Crippen LogP contribution in [0.25, 0.3) is 0 Å². The van der Waals surface area contributed by atoms with Gasteiger partial charge in [-0.25, -0.2) is 0 Å². The summed E-state index contributed by atoms with van der Waals surface area (Å²) in [5.41, 5.74) is 6.53. The molecule has 1 atom stereocenters. The normalized spacial score (nSPS) is 12.6. The summed E-state index contributed by atoms with van der Waals surface area (Å²) in [6.45, 7) is 10.1. The van der Waals surface area contributed by atoms with E-state index in [4.69, 9.17) is 15.6 Å². The van der Waals surface area contributed by atoms with Crippen molar-refractivity contribution in [3.8, 4) is 0 Å². The molecule has 0 bridgehead atoms. The molecule has 0 aromatic heterocycles. The Kier molecular flexibility index (Phi) is 12.6. The molecule has 0 saturated carbocycles. The summed E-state index contributed by atoms with van der Waals surface area (Å²) >= 11 is 0. The summed E-state index contributed by atoms with van der Waals surface area (Å²) in [4.78, 5) is 9.00. The second-order valence-corrected chi connectivity index (χ2v) is 5.06. The molecule has 3 nitrogen and oxygen atoms in total. The maximum atomic E-state index is 9.00. The van der Waals surface area contributed by atoms with Crippen LogP contribution in [0.15, 0.2) is 0 Å². The van der Waals surface area contributed by atoms with Crippen LogP contribution in [0.1, 0.15) is 79.6 Å². The van der Waals surface area contributed by atoms with Gasteiger partial charge < -0.3 is 10.8 Å². The van der Waals surface area contributed by atoms with E-state index in [1.807, 2.05) is 0 Å². The van der Waals surface area contributed by atoms with Crippen LogP contribution in [0.2, 0.25) is 0 Å². The van der Waals surface area contributed by atoms with E-state index >= 15 is 0 Å². The first kappa shape index (κ1) is 19.8. The molecule has 3 heteroatoms. The van der Waals surface area contributed by atoms with Crippen LogP contribution in [-0.4, -0.2) is 16.6 Å². The summed E-state index contributed by atoms with van der Waals surface area (Å²) in [6.07, 6.45) is 8.83. The van der Waals surface area contributed by atoms with Crippen LogP contribution >= 0.6 is 0 Å². The fourth-order valence-electron chi connectivity index (χ4n) is 2.37. The molecule has 0 fully saturated rings. The van der Waals surface area contributed by atoms with E-state index in [9.17, 15) is 0 Å². The quantitative estimate of drug-likeness (QED) is 0.642. The molecule has 0 heterocycles. The molecule has 0 rings (SSSR count). The second kappa shape index (κ2) is 11.5. The molecular weight excluding hydrogens is 226 g/mol. The molecule has 0 aromatic carbocycles.